The lowest BCUT2D eigenvalue weighted by Gasteiger charge is -2.06. The predicted molar refractivity (Wildman–Crippen MR) is 63.6 cm³/mol. The summed E-state index contributed by atoms with van der Waals surface area (Å²) in [5, 5.41) is 9.22. The topological polar surface area (TPSA) is 63.3 Å². The summed E-state index contributed by atoms with van der Waals surface area (Å²) in [5.41, 5.74) is 6.24. The minimum Gasteiger partial charge on any atom is -0.477 e. The van der Waals surface area contributed by atoms with Gasteiger partial charge >= 0.3 is 5.97 Å². The molecule has 82 valence electrons. The number of aliphatic carboxylic acids is 1. The van der Waals surface area contributed by atoms with Crippen molar-refractivity contribution in [2.75, 3.05) is 0 Å². The third kappa shape index (κ3) is 3.32. The number of carbonyl (C=O) groups is 1. The van der Waals surface area contributed by atoms with E-state index < -0.39 is 5.97 Å². The highest BCUT2D eigenvalue weighted by molar-refractivity contribution is 8.05. The van der Waals surface area contributed by atoms with Crippen molar-refractivity contribution in [3.63, 3.8) is 0 Å². The number of carboxylic acids is 1. The molecular weight excluding hydrogens is 234 g/mol. The molecule has 0 radical (unpaired) electrons. The van der Waals surface area contributed by atoms with Crippen molar-refractivity contribution in [1.82, 2.24) is 0 Å². The zero-order valence-corrected chi connectivity index (χ0v) is 9.81. The standard InChI is InChI=1S/C10H12ClNO2S/c1-2-7-6(3-4-9(11)12)5-8(15-7)10(13)14/h3-5,7H,2,12H2,1H3,(H,13,14)/b6-3-,9-4-. The van der Waals surface area contributed by atoms with Gasteiger partial charge in [0.25, 0.3) is 0 Å². The molecule has 1 rings (SSSR count). The van der Waals surface area contributed by atoms with Crippen molar-refractivity contribution in [3.05, 3.63) is 33.9 Å². The normalized spacial score (nSPS) is 24.4. The van der Waals surface area contributed by atoms with Crippen molar-refractivity contribution >= 4 is 29.3 Å². The summed E-state index contributed by atoms with van der Waals surface area (Å²) in [5.74, 6) is -0.885. The van der Waals surface area contributed by atoms with E-state index in [-0.39, 0.29) is 10.4 Å². The Balaban J connectivity index is 2.90. The molecule has 0 saturated carbocycles. The van der Waals surface area contributed by atoms with Gasteiger partial charge in [-0.15, -0.1) is 11.8 Å². The molecule has 1 atom stereocenters. The van der Waals surface area contributed by atoms with Crippen LogP contribution in [-0.2, 0) is 4.79 Å². The number of hydrogen-bond donors (Lipinski definition) is 2. The molecule has 0 aromatic rings. The molecule has 1 unspecified atom stereocenters. The molecule has 0 aliphatic carbocycles. The van der Waals surface area contributed by atoms with Crippen LogP contribution in [0.4, 0.5) is 0 Å². The van der Waals surface area contributed by atoms with Crippen molar-refractivity contribution in [2.45, 2.75) is 18.6 Å². The first-order valence-electron chi connectivity index (χ1n) is 4.49. The molecule has 0 bridgehead atoms. The fourth-order valence-corrected chi connectivity index (χ4v) is 2.39. The van der Waals surface area contributed by atoms with E-state index in [2.05, 4.69) is 0 Å². The van der Waals surface area contributed by atoms with Gasteiger partial charge in [-0.1, -0.05) is 24.6 Å². The number of carboxylic acid groups (broad SMARTS) is 1. The third-order valence-corrected chi connectivity index (χ3v) is 3.52. The van der Waals surface area contributed by atoms with Gasteiger partial charge < -0.3 is 10.8 Å². The molecule has 1 aliphatic heterocycles. The lowest BCUT2D eigenvalue weighted by molar-refractivity contribution is -0.131. The van der Waals surface area contributed by atoms with Gasteiger partial charge in [-0.2, -0.15) is 0 Å². The highest BCUT2D eigenvalue weighted by Gasteiger charge is 2.24. The summed E-state index contributed by atoms with van der Waals surface area (Å²) in [4.78, 5) is 11.1. The molecule has 0 amide bonds. The molecule has 3 nitrogen and oxygen atoms in total. The van der Waals surface area contributed by atoms with E-state index in [1.807, 2.05) is 6.92 Å². The first-order valence-corrected chi connectivity index (χ1v) is 5.74. The Morgan fingerprint density at radius 2 is 2.47 bits per heavy atom. The third-order valence-electron chi connectivity index (χ3n) is 1.96. The number of nitrogens with two attached hydrogens (primary N) is 1. The maximum absolute atomic E-state index is 10.8. The molecule has 1 heterocycles. The van der Waals surface area contributed by atoms with E-state index >= 15 is 0 Å². The summed E-state index contributed by atoms with van der Waals surface area (Å²) in [6, 6.07) is 0. The number of thioether (sulfide) groups is 1. The van der Waals surface area contributed by atoms with Crippen LogP contribution in [-0.4, -0.2) is 16.3 Å². The van der Waals surface area contributed by atoms with Gasteiger partial charge in [-0.3, -0.25) is 0 Å². The van der Waals surface area contributed by atoms with Gasteiger partial charge in [0.15, 0.2) is 0 Å². The van der Waals surface area contributed by atoms with Gasteiger partial charge in [0.2, 0.25) is 0 Å². The Hall–Kier alpha value is -0.870. The summed E-state index contributed by atoms with van der Waals surface area (Å²) in [7, 11) is 0. The van der Waals surface area contributed by atoms with Crippen LogP contribution >= 0.6 is 23.4 Å². The van der Waals surface area contributed by atoms with Gasteiger partial charge in [-0.05, 0) is 24.1 Å². The van der Waals surface area contributed by atoms with Gasteiger partial charge in [0, 0.05) is 5.25 Å². The van der Waals surface area contributed by atoms with E-state index in [9.17, 15) is 4.79 Å². The number of rotatable bonds is 3. The molecule has 0 aromatic carbocycles. The van der Waals surface area contributed by atoms with E-state index in [0.29, 0.717) is 4.91 Å². The maximum Gasteiger partial charge on any atom is 0.342 e. The predicted octanol–water partition coefficient (Wildman–Crippen LogP) is 2.45. The summed E-state index contributed by atoms with van der Waals surface area (Å²) in [6.45, 7) is 2.01. The van der Waals surface area contributed by atoms with Gasteiger partial charge in [0.1, 0.15) is 0 Å². The lowest BCUT2D eigenvalue weighted by atomic mass is 10.1. The van der Waals surface area contributed by atoms with Crippen LogP contribution < -0.4 is 5.73 Å². The molecule has 3 N–H and O–H groups in total. The number of halogens is 1. The molecule has 0 spiro atoms. The second kappa shape index (κ2) is 5.28. The van der Waals surface area contributed by atoms with Crippen LogP contribution in [0.5, 0.6) is 0 Å². The quantitative estimate of drug-likeness (QED) is 0.750. The maximum atomic E-state index is 10.8. The van der Waals surface area contributed by atoms with Crippen molar-refractivity contribution in [3.8, 4) is 0 Å². The Morgan fingerprint density at radius 1 is 1.80 bits per heavy atom. The van der Waals surface area contributed by atoms with Gasteiger partial charge in [0.05, 0.1) is 10.1 Å². The van der Waals surface area contributed by atoms with Crippen LogP contribution in [0.3, 0.4) is 0 Å². The van der Waals surface area contributed by atoms with Crippen molar-refractivity contribution in [2.24, 2.45) is 5.73 Å². The van der Waals surface area contributed by atoms with Crippen LogP contribution in [0, 0.1) is 0 Å². The fraction of sp³-hybridized carbons (Fsp3) is 0.300. The second-order valence-electron chi connectivity index (χ2n) is 3.05. The zero-order chi connectivity index (χ0) is 11.4. The zero-order valence-electron chi connectivity index (χ0n) is 8.24. The minimum absolute atomic E-state index is 0.184. The van der Waals surface area contributed by atoms with E-state index in [0.717, 1.165) is 12.0 Å². The Kier molecular flexibility index (Phi) is 4.29. The van der Waals surface area contributed by atoms with Crippen LogP contribution in [0.15, 0.2) is 33.9 Å². The Morgan fingerprint density at radius 3 is 2.93 bits per heavy atom. The number of allylic oxidation sites excluding steroid dienone is 3. The summed E-state index contributed by atoms with van der Waals surface area (Å²) in [6.07, 6.45) is 5.87. The molecule has 1 aliphatic rings. The van der Waals surface area contributed by atoms with E-state index in [1.165, 1.54) is 11.8 Å². The average molecular weight is 246 g/mol. The number of hydrogen-bond acceptors (Lipinski definition) is 3. The summed E-state index contributed by atoms with van der Waals surface area (Å²) >= 11 is 6.86. The van der Waals surface area contributed by atoms with Crippen molar-refractivity contribution < 1.29 is 9.90 Å². The van der Waals surface area contributed by atoms with Crippen LogP contribution in [0.25, 0.3) is 0 Å². The second-order valence-corrected chi connectivity index (χ2v) is 4.73. The van der Waals surface area contributed by atoms with E-state index in [4.69, 9.17) is 22.4 Å². The first kappa shape index (κ1) is 12.2. The highest BCUT2D eigenvalue weighted by atomic mass is 35.5. The largest absolute Gasteiger partial charge is 0.477 e. The fourth-order valence-electron chi connectivity index (χ4n) is 1.26. The van der Waals surface area contributed by atoms with Crippen LogP contribution in [0.1, 0.15) is 13.3 Å². The smallest absolute Gasteiger partial charge is 0.342 e. The molecule has 15 heavy (non-hydrogen) atoms. The van der Waals surface area contributed by atoms with Crippen molar-refractivity contribution in [1.29, 1.82) is 0 Å². The molecule has 0 fully saturated rings. The van der Waals surface area contributed by atoms with Crippen LogP contribution in [0.2, 0.25) is 0 Å². The Labute approximate surface area is 97.7 Å². The average Bonchev–Trinajstić information content (AvgIpc) is 2.57. The molecular formula is C10H12ClNO2S. The van der Waals surface area contributed by atoms with Gasteiger partial charge in [-0.25, -0.2) is 4.79 Å². The monoisotopic (exact) mass is 245 g/mol. The SMILES string of the molecule is CCC1SC(C(=O)O)=C/C1=C/C=C(\N)Cl. The first-order chi connectivity index (χ1) is 7.04. The molecule has 0 aromatic heterocycles. The minimum atomic E-state index is -0.885. The summed E-state index contributed by atoms with van der Waals surface area (Å²) < 4.78 is 0. The highest BCUT2D eigenvalue weighted by Crippen LogP contribution is 2.38. The lowest BCUT2D eigenvalue weighted by Crippen LogP contribution is -1.99. The van der Waals surface area contributed by atoms with E-state index in [1.54, 1.807) is 18.2 Å². The molecule has 0 saturated heterocycles. The Bertz CT molecular complexity index is 356. The molecule has 5 heteroatoms.